The van der Waals surface area contributed by atoms with Crippen molar-refractivity contribution in [1.82, 2.24) is 5.32 Å². The average molecular weight is 312 g/mol. The van der Waals surface area contributed by atoms with Crippen LogP contribution in [0.1, 0.15) is 37.7 Å². The van der Waals surface area contributed by atoms with Crippen LogP contribution in [0, 0.1) is 5.82 Å². The molecule has 1 aromatic carbocycles. The van der Waals surface area contributed by atoms with Gasteiger partial charge in [0.05, 0.1) is 0 Å². The van der Waals surface area contributed by atoms with Gasteiger partial charge in [0, 0.05) is 22.6 Å². The molecule has 0 saturated heterocycles. The molecule has 1 aromatic rings. The second-order valence-electron chi connectivity index (χ2n) is 4.79. The lowest BCUT2D eigenvalue weighted by molar-refractivity contribution is 0.499. The number of benzene rings is 1. The molecule has 0 bridgehead atoms. The van der Waals surface area contributed by atoms with Crippen LogP contribution in [-0.2, 0) is 6.54 Å². The molecule has 0 saturated carbocycles. The van der Waals surface area contributed by atoms with Crippen LogP contribution < -0.4 is 5.32 Å². The topological polar surface area (TPSA) is 12.0 Å². The van der Waals surface area contributed by atoms with E-state index in [1.165, 1.54) is 31.7 Å². The predicted octanol–water partition coefficient (Wildman–Crippen LogP) is 4.57. The molecule has 0 aliphatic heterocycles. The standard InChI is InChI=1S/C15H19BrFN/c16-13-8-9-15(17)12(10-13)11-18-14-6-4-2-1-3-5-7-14/h4,6,8-10,14,18H,1-3,5,7,11H2/b6-4+. The van der Waals surface area contributed by atoms with E-state index in [0.717, 1.165) is 16.5 Å². The normalized spacial score (nSPS) is 22.2. The highest BCUT2D eigenvalue weighted by atomic mass is 79.9. The van der Waals surface area contributed by atoms with Crippen LogP contribution in [-0.4, -0.2) is 6.04 Å². The van der Waals surface area contributed by atoms with Crippen molar-refractivity contribution < 1.29 is 4.39 Å². The minimum atomic E-state index is -0.138. The minimum Gasteiger partial charge on any atom is -0.306 e. The summed E-state index contributed by atoms with van der Waals surface area (Å²) in [5, 5.41) is 3.43. The number of allylic oxidation sites excluding steroid dienone is 1. The van der Waals surface area contributed by atoms with E-state index in [0.29, 0.717) is 12.6 Å². The molecule has 2 rings (SSSR count). The summed E-state index contributed by atoms with van der Waals surface area (Å²) in [6.45, 7) is 0.584. The van der Waals surface area contributed by atoms with Crippen LogP contribution in [0.25, 0.3) is 0 Å². The maximum atomic E-state index is 13.6. The van der Waals surface area contributed by atoms with E-state index in [-0.39, 0.29) is 5.82 Å². The molecule has 1 N–H and O–H groups in total. The van der Waals surface area contributed by atoms with Gasteiger partial charge < -0.3 is 5.32 Å². The Bertz CT molecular complexity index is 417. The monoisotopic (exact) mass is 311 g/mol. The van der Waals surface area contributed by atoms with E-state index in [4.69, 9.17) is 0 Å². The zero-order chi connectivity index (χ0) is 12.8. The van der Waals surface area contributed by atoms with E-state index >= 15 is 0 Å². The molecule has 98 valence electrons. The fourth-order valence-corrected chi connectivity index (χ4v) is 2.66. The third-order valence-electron chi connectivity index (χ3n) is 3.32. The third kappa shape index (κ3) is 4.21. The Morgan fingerprint density at radius 1 is 1.28 bits per heavy atom. The first-order valence-corrected chi connectivity index (χ1v) is 7.39. The van der Waals surface area contributed by atoms with Gasteiger partial charge in [0.2, 0.25) is 0 Å². The molecule has 0 aromatic heterocycles. The van der Waals surface area contributed by atoms with Crippen LogP contribution in [0.3, 0.4) is 0 Å². The lowest BCUT2D eigenvalue weighted by Gasteiger charge is -2.17. The quantitative estimate of drug-likeness (QED) is 0.806. The van der Waals surface area contributed by atoms with Crippen molar-refractivity contribution in [3.63, 3.8) is 0 Å². The van der Waals surface area contributed by atoms with Crippen LogP contribution >= 0.6 is 15.9 Å². The van der Waals surface area contributed by atoms with Gasteiger partial charge in [-0.25, -0.2) is 4.39 Å². The molecule has 0 heterocycles. The number of hydrogen-bond donors (Lipinski definition) is 1. The van der Waals surface area contributed by atoms with E-state index < -0.39 is 0 Å². The van der Waals surface area contributed by atoms with Gasteiger partial charge in [-0.3, -0.25) is 0 Å². The summed E-state index contributed by atoms with van der Waals surface area (Å²) < 4.78 is 14.5. The number of hydrogen-bond acceptors (Lipinski definition) is 1. The average Bonchev–Trinajstić information content (AvgIpc) is 2.32. The molecule has 1 aliphatic carbocycles. The van der Waals surface area contributed by atoms with Gasteiger partial charge in [-0.05, 0) is 37.5 Å². The first-order chi connectivity index (χ1) is 8.75. The van der Waals surface area contributed by atoms with Gasteiger partial charge in [0.1, 0.15) is 5.82 Å². The van der Waals surface area contributed by atoms with E-state index in [2.05, 4.69) is 33.4 Å². The van der Waals surface area contributed by atoms with Crippen molar-refractivity contribution in [2.45, 2.75) is 44.7 Å². The highest BCUT2D eigenvalue weighted by molar-refractivity contribution is 9.10. The SMILES string of the molecule is Fc1ccc(Br)cc1CNC1/C=C/CCCCC1. The largest absolute Gasteiger partial charge is 0.306 e. The Hall–Kier alpha value is -0.670. The third-order valence-corrected chi connectivity index (χ3v) is 3.81. The summed E-state index contributed by atoms with van der Waals surface area (Å²) in [6, 6.07) is 5.46. The van der Waals surface area contributed by atoms with Gasteiger partial charge in [-0.1, -0.05) is 40.9 Å². The Morgan fingerprint density at radius 2 is 2.17 bits per heavy atom. The van der Waals surface area contributed by atoms with E-state index in [9.17, 15) is 4.39 Å². The first-order valence-electron chi connectivity index (χ1n) is 6.59. The highest BCUT2D eigenvalue weighted by Crippen LogP contribution is 2.17. The smallest absolute Gasteiger partial charge is 0.127 e. The summed E-state index contributed by atoms with van der Waals surface area (Å²) >= 11 is 3.38. The molecule has 1 nitrogen and oxygen atoms in total. The minimum absolute atomic E-state index is 0.138. The molecule has 0 fully saturated rings. The Kier molecular flexibility index (Phi) is 5.39. The molecule has 18 heavy (non-hydrogen) atoms. The van der Waals surface area contributed by atoms with Crippen LogP contribution in [0.2, 0.25) is 0 Å². The fraction of sp³-hybridized carbons (Fsp3) is 0.467. The van der Waals surface area contributed by atoms with Gasteiger partial charge in [0.15, 0.2) is 0 Å². The molecular formula is C15H19BrFN. The molecule has 1 unspecified atom stereocenters. The summed E-state index contributed by atoms with van der Waals surface area (Å²) in [5.74, 6) is -0.138. The van der Waals surface area contributed by atoms with E-state index in [1.807, 2.05) is 6.07 Å². The van der Waals surface area contributed by atoms with Gasteiger partial charge in [-0.15, -0.1) is 0 Å². The van der Waals surface area contributed by atoms with Crippen LogP contribution in [0.15, 0.2) is 34.8 Å². The zero-order valence-corrected chi connectivity index (χ0v) is 12.0. The van der Waals surface area contributed by atoms with E-state index in [1.54, 1.807) is 6.07 Å². The number of nitrogens with one attached hydrogen (secondary N) is 1. The predicted molar refractivity (Wildman–Crippen MR) is 77.0 cm³/mol. The number of halogens is 2. The first kappa shape index (κ1) is 13.8. The lowest BCUT2D eigenvalue weighted by Crippen LogP contribution is -2.27. The molecule has 0 spiro atoms. The summed E-state index contributed by atoms with van der Waals surface area (Å²) in [5.41, 5.74) is 0.722. The number of rotatable bonds is 3. The Labute approximate surface area is 117 Å². The Morgan fingerprint density at radius 3 is 3.06 bits per heavy atom. The van der Waals surface area contributed by atoms with Crippen molar-refractivity contribution in [2.24, 2.45) is 0 Å². The highest BCUT2D eigenvalue weighted by Gasteiger charge is 2.08. The Balaban J connectivity index is 1.93. The van der Waals surface area contributed by atoms with Crippen molar-refractivity contribution in [3.05, 3.63) is 46.2 Å². The second-order valence-corrected chi connectivity index (χ2v) is 5.70. The van der Waals surface area contributed by atoms with Gasteiger partial charge in [0.25, 0.3) is 0 Å². The molecule has 1 aliphatic rings. The summed E-state index contributed by atoms with van der Waals surface area (Å²) in [7, 11) is 0. The second kappa shape index (κ2) is 7.05. The van der Waals surface area contributed by atoms with Gasteiger partial charge in [-0.2, -0.15) is 0 Å². The lowest BCUT2D eigenvalue weighted by atomic mass is 10.0. The maximum Gasteiger partial charge on any atom is 0.127 e. The van der Waals surface area contributed by atoms with Crippen molar-refractivity contribution >= 4 is 15.9 Å². The summed E-state index contributed by atoms with van der Waals surface area (Å²) in [4.78, 5) is 0. The molecule has 3 heteroatoms. The maximum absolute atomic E-state index is 13.6. The van der Waals surface area contributed by atoms with Gasteiger partial charge >= 0.3 is 0 Å². The van der Waals surface area contributed by atoms with Crippen molar-refractivity contribution in [1.29, 1.82) is 0 Å². The summed E-state index contributed by atoms with van der Waals surface area (Å²) in [6.07, 6.45) is 10.6. The molecular weight excluding hydrogens is 293 g/mol. The zero-order valence-electron chi connectivity index (χ0n) is 10.5. The fourth-order valence-electron chi connectivity index (χ4n) is 2.25. The van der Waals surface area contributed by atoms with Crippen molar-refractivity contribution in [3.8, 4) is 0 Å². The molecule has 0 amide bonds. The molecule has 0 radical (unpaired) electrons. The molecule has 1 atom stereocenters. The van der Waals surface area contributed by atoms with Crippen LogP contribution in [0.5, 0.6) is 0 Å². The van der Waals surface area contributed by atoms with Crippen LogP contribution in [0.4, 0.5) is 4.39 Å². The van der Waals surface area contributed by atoms with Crippen molar-refractivity contribution in [2.75, 3.05) is 0 Å².